The summed E-state index contributed by atoms with van der Waals surface area (Å²) in [4.78, 5) is 2.12. The van der Waals surface area contributed by atoms with E-state index in [4.69, 9.17) is 23.2 Å². The summed E-state index contributed by atoms with van der Waals surface area (Å²) >= 11 is 14.4. The maximum Gasteiger partial charge on any atom is 0.263 e. The van der Waals surface area contributed by atoms with Crippen LogP contribution in [-0.4, -0.2) is 14.1 Å². The van der Waals surface area contributed by atoms with E-state index in [0.717, 1.165) is 24.9 Å². The van der Waals surface area contributed by atoms with Crippen LogP contribution in [0.3, 0.4) is 0 Å². The van der Waals surface area contributed by atoms with Gasteiger partial charge in [-0.1, -0.05) is 78.7 Å². The first-order valence-electron chi connectivity index (χ1n) is 11.3. The number of fused-ring (bicyclic) bond motifs is 1. The van der Waals surface area contributed by atoms with E-state index >= 15 is 0 Å². The molecule has 1 aromatic heterocycles. The van der Waals surface area contributed by atoms with Gasteiger partial charge in [0.1, 0.15) is 11.2 Å². The smallest absolute Gasteiger partial charge is 0.263 e. The van der Waals surface area contributed by atoms with Crippen LogP contribution in [0.15, 0.2) is 59.7 Å². The number of nitrogens with zero attached hydrogens (tertiary/aromatic N) is 2. The third-order valence-corrected chi connectivity index (χ3v) is 7.85. The van der Waals surface area contributed by atoms with Gasteiger partial charge in [0.2, 0.25) is 5.52 Å². The van der Waals surface area contributed by atoms with E-state index in [1.54, 1.807) is 11.3 Å². The molecule has 0 fully saturated rings. The Morgan fingerprint density at radius 2 is 1.73 bits per heavy atom. The highest BCUT2D eigenvalue weighted by Gasteiger charge is 2.26. The lowest BCUT2D eigenvalue weighted by Crippen LogP contribution is -2.33. The average Bonchev–Trinajstić information content (AvgIpc) is 3.07. The predicted octanol–water partition coefficient (Wildman–Crippen LogP) is 8.42. The number of thiazole rings is 1. The maximum absolute atomic E-state index is 6.31. The Bertz CT molecular complexity index is 1260. The van der Waals surface area contributed by atoms with Crippen molar-refractivity contribution in [3.63, 3.8) is 0 Å². The molecule has 2 aromatic carbocycles. The average molecular weight is 499 g/mol. The largest absolute Gasteiger partial charge is 0.378 e. The molecular formula is C28H31Cl2N2S+. The second-order valence-electron chi connectivity index (χ2n) is 9.69. The molecule has 5 heteroatoms. The van der Waals surface area contributed by atoms with Crippen molar-refractivity contribution in [2.45, 2.75) is 40.2 Å². The van der Waals surface area contributed by atoms with Crippen molar-refractivity contribution in [3.05, 3.63) is 80.3 Å². The zero-order valence-electron chi connectivity index (χ0n) is 20.0. The number of aromatic nitrogens is 1. The van der Waals surface area contributed by atoms with Gasteiger partial charge in [-0.2, -0.15) is 4.57 Å². The number of benzene rings is 2. The molecule has 0 unspecified atom stereocenters. The molecule has 0 saturated heterocycles. The van der Waals surface area contributed by atoms with E-state index in [2.05, 4.69) is 92.9 Å². The third-order valence-electron chi connectivity index (χ3n) is 6.03. The Hall–Kier alpha value is -2.07. The lowest BCUT2D eigenvalue weighted by molar-refractivity contribution is -0.665. The fourth-order valence-electron chi connectivity index (χ4n) is 4.48. The Kier molecular flexibility index (Phi) is 7.04. The van der Waals surface area contributed by atoms with Crippen molar-refractivity contribution in [3.8, 4) is 0 Å². The summed E-state index contributed by atoms with van der Waals surface area (Å²) in [5.74, 6) is 0. The molecule has 3 aromatic rings. The van der Waals surface area contributed by atoms with Gasteiger partial charge in [0.15, 0.2) is 0 Å². The van der Waals surface area contributed by atoms with E-state index in [1.807, 2.05) is 12.1 Å². The van der Waals surface area contributed by atoms with Gasteiger partial charge < -0.3 is 4.90 Å². The molecule has 4 rings (SSSR count). The minimum Gasteiger partial charge on any atom is -0.378 e. The van der Waals surface area contributed by atoms with E-state index in [0.29, 0.717) is 10.0 Å². The zero-order chi connectivity index (χ0) is 23.8. The van der Waals surface area contributed by atoms with Crippen LogP contribution < -0.4 is 9.47 Å². The SMILES string of the molecule is CC[n+]1c(C=C2C=C(C=Cc3ccc(N(C)C)cc3)CC(C)(C)C2)sc2cc(Cl)c(Cl)cc21. The molecule has 1 heterocycles. The molecule has 0 saturated carbocycles. The van der Waals surface area contributed by atoms with Crippen molar-refractivity contribution >= 4 is 62.6 Å². The monoisotopic (exact) mass is 497 g/mol. The van der Waals surface area contributed by atoms with Gasteiger partial charge in [0.05, 0.1) is 10.0 Å². The second kappa shape index (κ2) is 9.66. The number of anilines is 1. The van der Waals surface area contributed by atoms with Gasteiger partial charge in [0.25, 0.3) is 5.01 Å². The highest BCUT2D eigenvalue weighted by atomic mass is 35.5. The highest BCUT2D eigenvalue weighted by molar-refractivity contribution is 7.18. The summed E-state index contributed by atoms with van der Waals surface area (Å²) in [6.45, 7) is 7.77. The molecule has 1 aliphatic carbocycles. The minimum atomic E-state index is 0.218. The number of hydrogen-bond donors (Lipinski definition) is 0. The Morgan fingerprint density at radius 3 is 2.39 bits per heavy atom. The second-order valence-corrected chi connectivity index (χ2v) is 11.6. The van der Waals surface area contributed by atoms with E-state index in [9.17, 15) is 0 Å². The predicted molar refractivity (Wildman–Crippen MR) is 147 cm³/mol. The molecule has 0 amide bonds. The first-order valence-corrected chi connectivity index (χ1v) is 12.9. The molecule has 0 spiro atoms. The number of hydrogen-bond acceptors (Lipinski definition) is 2. The molecule has 2 nitrogen and oxygen atoms in total. The third kappa shape index (κ3) is 5.54. The molecule has 0 bridgehead atoms. The van der Waals surface area contributed by atoms with Gasteiger partial charge >= 0.3 is 0 Å². The van der Waals surface area contributed by atoms with Gasteiger partial charge in [-0.3, -0.25) is 0 Å². The summed E-state index contributed by atoms with van der Waals surface area (Å²) in [6, 6.07) is 12.6. The van der Waals surface area contributed by atoms with Crippen LogP contribution in [0.4, 0.5) is 5.69 Å². The molecular weight excluding hydrogens is 467 g/mol. The summed E-state index contributed by atoms with van der Waals surface area (Å²) in [6.07, 6.45) is 11.3. The van der Waals surface area contributed by atoms with Crippen LogP contribution in [0.5, 0.6) is 0 Å². The topological polar surface area (TPSA) is 7.12 Å². The van der Waals surface area contributed by atoms with Crippen molar-refractivity contribution in [2.24, 2.45) is 5.41 Å². The van der Waals surface area contributed by atoms with E-state index < -0.39 is 0 Å². The van der Waals surface area contributed by atoms with Gasteiger partial charge in [-0.15, -0.1) is 0 Å². The number of halogens is 2. The molecule has 33 heavy (non-hydrogen) atoms. The van der Waals surface area contributed by atoms with Gasteiger partial charge in [-0.25, -0.2) is 0 Å². The number of allylic oxidation sites excluding steroid dienone is 4. The van der Waals surface area contributed by atoms with Gasteiger partial charge in [0, 0.05) is 31.9 Å². The molecule has 172 valence electrons. The van der Waals surface area contributed by atoms with Crippen molar-refractivity contribution < 1.29 is 4.57 Å². The van der Waals surface area contributed by atoms with Crippen molar-refractivity contribution in [1.82, 2.24) is 0 Å². The Labute approximate surface area is 211 Å². The lowest BCUT2D eigenvalue weighted by Gasteiger charge is -2.30. The normalized spacial score (nSPS) is 17.2. The van der Waals surface area contributed by atoms with Crippen LogP contribution in [0.2, 0.25) is 10.0 Å². The molecule has 0 N–H and O–H groups in total. The zero-order valence-corrected chi connectivity index (χ0v) is 22.3. The fraction of sp³-hybridized carbons (Fsp3) is 0.321. The summed E-state index contributed by atoms with van der Waals surface area (Å²) in [7, 11) is 4.13. The van der Waals surface area contributed by atoms with Crippen molar-refractivity contribution in [1.29, 1.82) is 0 Å². The van der Waals surface area contributed by atoms with Crippen LogP contribution in [0.25, 0.3) is 22.4 Å². The van der Waals surface area contributed by atoms with Crippen LogP contribution >= 0.6 is 34.5 Å². The standard InChI is InChI=1S/C28H31Cl2N2S/c1-6-32-25-15-23(29)24(30)16-26(25)33-27(32)14-21-13-20(17-28(2,3)18-21)8-7-19-9-11-22(12-10-19)31(4)5/h7-16H,6,17-18H2,1-5H3/q+1. The molecule has 0 radical (unpaired) electrons. The highest BCUT2D eigenvalue weighted by Crippen LogP contribution is 2.40. The van der Waals surface area contributed by atoms with Gasteiger partial charge in [-0.05, 0) is 60.1 Å². The first-order chi connectivity index (χ1) is 15.6. The van der Waals surface area contributed by atoms with E-state index in [-0.39, 0.29) is 5.41 Å². The van der Waals surface area contributed by atoms with Crippen LogP contribution in [0, 0.1) is 5.41 Å². The minimum absolute atomic E-state index is 0.218. The molecule has 1 aliphatic rings. The number of aryl methyl sites for hydroxylation is 1. The fourth-order valence-corrected chi connectivity index (χ4v) is 6.09. The Morgan fingerprint density at radius 1 is 1.03 bits per heavy atom. The van der Waals surface area contributed by atoms with E-state index in [1.165, 1.54) is 32.1 Å². The lowest BCUT2D eigenvalue weighted by atomic mass is 9.75. The van der Waals surface area contributed by atoms with Crippen LogP contribution in [0.1, 0.15) is 44.2 Å². The Balaban J connectivity index is 1.68. The summed E-state index contributed by atoms with van der Waals surface area (Å²) < 4.78 is 3.49. The quantitative estimate of drug-likeness (QED) is 0.320. The van der Waals surface area contributed by atoms with Crippen LogP contribution in [-0.2, 0) is 6.54 Å². The van der Waals surface area contributed by atoms with Crippen molar-refractivity contribution in [2.75, 3.05) is 19.0 Å². The maximum atomic E-state index is 6.31. The summed E-state index contributed by atoms with van der Waals surface area (Å²) in [5.41, 5.74) is 6.52. The first kappa shape index (κ1) is 24.1. The number of rotatable bonds is 5. The summed E-state index contributed by atoms with van der Waals surface area (Å²) in [5, 5.41) is 2.45. The molecule has 0 atom stereocenters. The molecule has 0 aliphatic heterocycles.